The number of pyridine rings is 1. The van der Waals surface area contributed by atoms with Crippen LogP contribution in [-0.2, 0) is 9.53 Å². The van der Waals surface area contributed by atoms with E-state index in [0.717, 1.165) is 17.0 Å². The van der Waals surface area contributed by atoms with Gasteiger partial charge in [-0.05, 0) is 49.6 Å². The van der Waals surface area contributed by atoms with Gasteiger partial charge in [-0.3, -0.25) is 20.0 Å². The molecule has 12 heteroatoms. The molecular formula is C21H19F3N4O5. The molecule has 0 bridgehead atoms. The Balaban J connectivity index is 1.69. The molecule has 174 valence electrons. The maximum absolute atomic E-state index is 13.5. The van der Waals surface area contributed by atoms with Crippen LogP contribution < -0.4 is 19.9 Å². The van der Waals surface area contributed by atoms with E-state index in [1.54, 1.807) is 6.92 Å². The molecule has 1 N–H and O–H groups in total. The van der Waals surface area contributed by atoms with Crippen LogP contribution in [-0.4, -0.2) is 41.5 Å². The van der Waals surface area contributed by atoms with Crippen LogP contribution in [0.4, 0.5) is 39.8 Å². The summed E-state index contributed by atoms with van der Waals surface area (Å²) in [6.07, 6.45) is -2.49. The average Bonchev–Trinajstić information content (AvgIpc) is 3.35. The highest BCUT2D eigenvalue weighted by atomic mass is 19.4. The minimum atomic E-state index is -4.87. The summed E-state index contributed by atoms with van der Waals surface area (Å²) in [4.78, 5) is 44.9. The Morgan fingerprint density at radius 2 is 1.91 bits per heavy atom. The van der Waals surface area contributed by atoms with Gasteiger partial charge in [0.15, 0.2) is 0 Å². The molecule has 1 saturated heterocycles. The molecule has 4 rings (SSSR count). The second-order valence-corrected chi connectivity index (χ2v) is 7.57. The molecule has 1 saturated carbocycles. The fourth-order valence-electron chi connectivity index (χ4n) is 3.96. The third kappa shape index (κ3) is 3.92. The highest BCUT2D eigenvalue weighted by molar-refractivity contribution is 6.32. The van der Waals surface area contributed by atoms with E-state index in [1.807, 2.05) is 6.92 Å². The van der Waals surface area contributed by atoms with Crippen molar-refractivity contribution in [2.24, 2.45) is 5.92 Å². The lowest BCUT2D eigenvalue weighted by atomic mass is 10.1. The summed E-state index contributed by atoms with van der Waals surface area (Å²) in [5, 5.41) is 2.52. The number of hydrogen-bond acceptors (Lipinski definition) is 6. The lowest BCUT2D eigenvalue weighted by Crippen LogP contribution is -2.39. The number of amides is 4. The van der Waals surface area contributed by atoms with Crippen LogP contribution >= 0.6 is 0 Å². The lowest BCUT2D eigenvalue weighted by molar-refractivity contribution is -0.274. The number of anilines is 3. The third-order valence-electron chi connectivity index (χ3n) is 5.51. The van der Waals surface area contributed by atoms with Gasteiger partial charge in [-0.2, -0.15) is 0 Å². The van der Waals surface area contributed by atoms with E-state index < -0.39 is 35.7 Å². The summed E-state index contributed by atoms with van der Waals surface area (Å²) in [5.74, 6) is -1.18. The topological polar surface area (TPSA) is 101 Å². The van der Waals surface area contributed by atoms with Gasteiger partial charge in [0.1, 0.15) is 11.3 Å². The van der Waals surface area contributed by atoms with Crippen molar-refractivity contribution in [3.05, 3.63) is 42.7 Å². The number of urea groups is 1. The van der Waals surface area contributed by atoms with Crippen molar-refractivity contribution >= 4 is 35.1 Å². The Labute approximate surface area is 186 Å². The van der Waals surface area contributed by atoms with Gasteiger partial charge in [-0.25, -0.2) is 14.5 Å². The standard InChI is InChI=1S/C21H19F3N4O5/c1-3-32-18(30)26-15-11-25-9-8-16(15)28-19(31)27(17(29)20(28)10-12(20)2)13-4-6-14(7-5-13)33-21(22,23)24/h4-9,11-12H,3,10H2,1-2H3,(H,26,30). The maximum atomic E-state index is 13.5. The largest absolute Gasteiger partial charge is 0.573 e. The molecule has 0 radical (unpaired) electrons. The number of hydrogen-bond donors (Lipinski definition) is 1. The molecule has 33 heavy (non-hydrogen) atoms. The van der Waals surface area contributed by atoms with Crippen molar-refractivity contribution in [2.45, 2.75) is 32.2 Å². The van der Waals surface area contributed by atoms with Crippen LogP contribution in [0.5, 0.6) is 5.75 Å². The number of rotatable bonds is 5. The molecule has 2 heterocycles. The molecule has 9 nitrogen and oxygen atoms in total. The fraction of sp³-hybridized carbons (Fsp3) is 0.333. The Hall–Kier alpha value is -3.83. The zero-order valence-electron chi connectivity index (χ0n) is 17.5. The van der Waals surface area contributed by atoms with E-state index in [1.165, 1.54) is 35.5 Å². The first-order valence-corrected chi connectivity index (χ1v) is 10.0. The third-order valence-corrected chi connectivity index (χ3v) is 5.51. The summed E-state index contributed by atoms with van der Waals surface area (Å²) in [6.45, 7) is 3.57. The fourth-order valence-corrected chi connectivity index (χ4v) is 3.96. The molecule has 2 unspecified atom stereocenters. The molecule has 1 aliphatic carbocycles. The molecule has 2 atom stereocenters. The predicted molar refractivity (Wildman–Crippen MR) is 110 cm³/mol. The van der Waals surface area contributed by atoms with Gasteiger partial charge in [0, 0.05) is 6.20 Å². The van der Waals surface area contributed by atoms with Gasteiger partial charge < -0.3 is 9.47 Å². The average molecular weight is 464 g/mol. The van der Waals surface area contributed by atoms with Crippen molar-refractivity contribution in [1.82, 2.24) is 4.98 Å². The Morgan fingerprint density at radius 3 is 2.48 bits per heavy atom. The van der Waals surface area contributed by atoms with E-state index in [4.69, 9.17) is 4.74 Å². The van der Waals surface area contributed by atoms with Gasteiger partial charge >= 0.3 is 18.5 Å². The number of benzene rings is 1. The van der Waals surface area contributed by atoms with Crippen LogP contribution in [0.3, 0.4) is 0 Å². The lowest BCUT2D eigenvalue weighted by Gasteiger charge is -2.24. The van der Waals surface area contributed by atoms with Crippen molar-refractivity contribution in [1.29, 1.82) is 0 Å². The molecular weight excluding hydrogens is 445 g/mol. The number of carbonyl (C=O) groups is 3. The summed E-state index contributed by atoms with van der Waals surface area (Å²) in [5.41, 5.74) is -0.661. The highest BCUT2D eigenvalue weighted by Gasteiger charge is 2.70. The second kappa shape index (κ2) is 7.94. The first-order chi connectivity index (χ1) is 15.6. The van der Waals surface area contributed by atoms with Crippen molar-refractivity contribution in [3.8, 4) is 5.75 Å². The van der Waals surface area contributed by atoms with Gasteiger partial charge in [-0.1, -0.05) is 6.92 Å². The van der Waals surface area contributed by atoms with E-state index >= 15 is 0 Å². The maximum Gasteiger partial charge on any atom is 0.573 e. The van der Waals surface area contributed by atoms with Crippen molar-refractivity contribution < 1.29 is 37.0 Å². The van der Waals surface area contributed by atoms with Gasteiger partial charge in [0.25, 0.3) is 5.91 Å². The van der Waals surface area contributed by atoms with Crippen LogP contribution in [0.25, 0.3) is 0 Å². The minimum Gasteiger partial charge on any atom is -0.450 e. The Bertz CT molecular complexity index is 1110. The van der Waals surface area contributed by atoms with E-state index in [0.29, 0.717) is 6.42 Å². The smallest absolute Gasteiger partial charge is 0.450 e. The number of aromatic nitrogens is 1. The zero-order valence-corrected chi connectivity index (χ0v) is 17.5. The first kappa shape index (κ1) is 22.4. The molecule has 1 aromatic heterocycles. The number of carbonyl (C=O) groups excluding carboxylic acids is 3. The zero-order chi connectivity index (χ0) is 24.0. The Kier molecular flexibility index (Phi) is 5.38. The van der Waals surface area contributed by atoms with E-state index in [9.17, 15) is 27.6 Å². The van der Waals surface area contributed by atoms with Crippen molar-refractivity contribution in [3.63, 3.8) is 0 Å². The highest BCUT2D eigenvalue weighted by Crippen LogP contribution is 2.56. The monoisotopic (exact) mass is 464 g/mol. The SMILES string of the molecule is CCOC(=O)Nc1cnccc1N1C(=O)N(c2ccc(OC(F)(F)F)cc2)C(=O)C12CC2C. The molecule has 1 spiro atoms. The molecule has 1 aromatic carbocycles. The summed E-state index contributed by atoms with van der Waals surface area (Å²) in [6, 6.07) is 5.23. The summed E-state index contributed by atoms with van der Waals surface area (Å²) >= 11 is 0. The molecule has 2 fully saturated rings. The second-order valence-electron chi connectivity index (χ2n) is 7.57. The number of ether oxygens (including phenoxy) is 2. The number of imide groups is 1. The van der Waals surface area contributed by atoms with Crippen LogP contribution in [0, 0.1) is 5.92 Å². The van der Waals surface area contributed by atoms with E-state index in [-0.39, 0.29) is 29.6 Å². The van der Waals surface area contributed by atoms with Crippen LogP contribution in [0.1, 0.15) is 20.3 Å². The number of alkyl halides is 3. The molecule has 4 amide bonds. The first-order valence-electron chi connectivity index (χ1n) is 10.0. The minimum absolute atomic E-state index is 0.0921. The summed E-state index contributed by atoms with van der Waals surface area (Å²) in [7, 11) is 0. The molecule has 2 aromatic rings. The Morgan fingerprint density at radius 1 is 1.24 bits per heavy atom. The quantitative estimate of drug-likeness (QED) is 0.663. The van der Waals surface area contributed by atoms with E-state index in [2.05, 4.69) is 15.0 Å². The number of nitrogens with zero attached hydrogens (tertiary/aromatic N) is 3. The van der Waals surface area contributed by atoms with Gasteiger partial charge in [-0.15, -0.1) is 13.2 Å². The molecule has 2 aliphatic rings. The van der Waals surface area contributed by atoms with Crippen LogP contribution in [0.2, 0.25) is 0 Å². The van der Waals surface area contributed by atoms with Gasteiger partial charge in [0.05, 0.1) is 29.9 Å². The van der Waals surface area contributed by atoms with Gasteiger partial charge in [0.2, 0.25) is 0 Å². The number of nitrogens with one attached hydrogen (secondary N) is 1. The van der Waals surface area contributed by atoms with Crippen LogP contribution in [0.15, 0.2) is 42.7 Å². The van der Waals surface area contributed by atoms with Crippen molar-refractivity contribution in [2.75, 3.05) is 21.7 Å². The predicted octanol–water partition coefficient (Wildman–Crippen LogP) is 4.30. The normalized spacial score (nSPS) is 22.0. The molecule has 1 aliphatic heterocycles. The summed E-state index contributed by atoms with van der Waals surface area (Å²) < 4.78 is 46.1. The number of halogens is 3.